The lowest BCUT2D eigenvalue weighted by molar-refractivity contribution is 0.0203. The Morgan fingerprint density at radius 1 is 1.28 bits per heavy atom. The van der Waals surface area contributed by atoms with Crippen LogP contribution in [0.15, 0.2) is 15.5 Å². The van der Waals surface area contributed by atoms with Crippen LogP contribution in [0.1, 0.15) is 43.3 Å². The molecule has 1 aromatic heterocycles. The average molecular weight is 351 g/mol. The predicted octanol–water partition coefficient (Wildman–Crippen LogP) is 2.78. The molecule has 2 N–H and O–H groups in total. The molecule has 0 spiro atoms. The van der Waals surface area contributed by atoms with E-state index in [1.807, 2.05) is 19.9 Å². The molecule has 2 heterocycles. The van der Waals surface area contributed by atoms with Crippen molar-refractivity contribution in [2.24, 2.45) is 10.9 Å². The molecule has 142 valence electrons. The van der Waals surface area contributed by atoms with Gasteiger partial charge in [0.1, 0.15) is 11.5 Å². The highest BCUT2D eigenvalue weighted by Gasteiger charge is 2.13. The Morgan fingerprint density at radius 3 is 2.76 bits per heavy atom. The highest BCUT2D eigenvalue weighted by Crippen LogP contribution is 2.15. The summed E-state index contributed by atoms with van der Waals surface area (Å²) in [6.07, 6.45) is 3.22. The van der Waals surface area contributed by atoms with Crippen molar-refractivity contribution in [3.63, 3.8) is 0 Å². The fraction of sp³-hybridized carbons (Fsp3) is 0.737. The largest absolute Gasteiger partial charge is 0.466 e. The number of furan rings is 1. The van der Waals surface area contributed by atoms with Gasteiger partial charge in [0.05, 0.1) is 6.54 Å². The maximum absolute atomic E-state index is 5.79. The first kappa shape index (κ1) is 19.8. The Hall–Kier alpha value is -1.53. The zero-order valence-corrected chi connectivity index (χ0v) is 15.9. The van der Waals surface area contributed by atoms with Gasteiger partial charge in [-0.05, 0) is 52.0 Å². The zero-order valence-electron chi connectivity index (χ0n) is 15.9. The van der Waals surface area contributed by atoms with E-state index in [1.54, 1.807) is 0 Å². The van der Waals surface area contributed by atoms with Crippen molar-refractivity contribution < 1.29 is 13.9 Å². The molecule has 0 amide bonds. The van der Waals surface area contributed by atoms with Gasteiger partial charge in [0.25, 0.3) is 0 Å². The average Bonchev–Trinajstić information content (AvgIpc) is 2.94. The molecule has 1 saturated heterocycles. The van der Waals surface area contributed by atoms with Gasteiger partial charge >= 0.3 is 0 Å². The summed E-state index contributed by atoms with van der Waals surface area (Å²) in [7, 11) is 0. The SMILES string of the molecule is CCNC(=NCc1cc(C)oc1C)NCCCOCC1CCOCC1. The van der Waals surface area contributed by atoms with E-state index >= 15 is 0 Å². The van der Waals surface area contributed by atoms with Crippen molar-refractivity contribution in [1.29, 1.82) is 0 Å². The minimum Gasteiger partial charge on any atom is -0.466 e. The fourth-order valence-electron chi connectivity index (χ4n) is 2.89. The van der Waals surface area contributed by atoms with Crippen molar-refractivity contribution >= 4 is 5.96 Å². The van der Waals surface area contributed by atoms with Crippen LogP contribution in [0.2, 0.25) is 0 Å². The van der Waals surface area contributed by atoms with E-state index in [9.17, 15) is 0 Å². The van der Waals surface area contributed by atoms with Gasteiger partial charge in [-0.15, -0.1) is 0 Å². The number of guanidine groups is 1. The Bertz CT molecular complexity index is 522. The van der Waals surface area contributed by atoms with Crippen molar-refractivity contribution in [3.8, 4) is 0 Å². The Balaban J connectivity index is 1.63. The third kappa shape index (κ3) is 7.48. The molecule has 1 aliphatic heterocycles. The summed E-state index contributed by atoms with van der Waals surface area (Å²) in [5.74, 6) is 3.38. The zero-order chi connectivity index (χ0) is 17.9. The van der Waals surface area contributed by atoms with Crippen LogP contribution in [0.25, 0.3) is 0 Å². The molecule has 1 aromatic rings. The van der Waals surface area contributed by atoms with Gasteiger partial charge < -0.3 is 24.5 Å². The van der Waals surface area contributed by atoms with E-state index in [-0.39, 0.29) is 0 Å². The van der Waals surface area contributed by atoms with Crippen LogP contribution in [0, 0.1) is 19.8 Å². The highest BCUT2D eigenvalue weighted by molar-refractivity contribution is 5.79. The number of nitrogens with zero attached hydrogens (tertiary/aromatic N) is 1. The first-order valence-corrected chi connectivity index (χ1v) is 9.42. The van der Waals surface area contributed by atoms with Crippen LogP contribution in [-0.2, 0) is 16.0 Å². The van der Waals surface area contributed by atoms with E-state index in [2.05, 4.69) is 22.5 Å². The molecule has 0 radical (unpaired) electrons. The molecule has 0 bridgehead atoms. The molecule has 0 aromatic carbocycles. The topological polar surface area (TPSA) is 68.0 Å². The molecule has 0 unspecified atom stereocenters. The van der Waals surface area contributed by atoms with Crippen LogP contribution in [-0.4, -0.2) is 45.5 Å². The minimum atomic E-state index is 0.624. The Labute approximate surface area is 151 Å². The van der Waals surface area contributed by atoms with Gasteiger partial charge in [0.15, 0.2) is 5.96 Å². The second-order valence-electron chi connectivity index (χ2n) is 6.54. The molecule has 2 rings (SSSR count). The molecular formula is C19H33N3O3. The van der Waals surface area contributed by atoms with Gasteiger partial charge in [-0.2, -0.15) is 0 Å². The van der Waals surface area contributed by atoms with Gasteiger partial charge in [-0.25, -0.2) is 4.99 Å². The lowest BCUT2D eigenvalue weighted by atomic mass is 10.0. The number of rotatable bonds is 9. The third-order valence-corrected chi connectivity index (χ3v) is 4.35. The standard InChI is InChI=1S/C19H33N3O3/c1-4-20-19(22-13-18-12-15(2)25-16(18)3)21-8-5-9-24-14-17-6-10-23-11-7-17/h12,17H,4-11,13-14H2,1-3H3,(H2,20,21,22). The quantitative estimate of drug-likeness (QED) is 0.407. The fourth-order valence-corrected chi connectivity index (χ4v) is 2.89. The molecule has 1 aliphatic rings. The highest BCUT2D eigenvalue weighted by atomic mass is 16.5. The van der Waals surface area contributed by atoms with Crippen LogP contribution in [0.5, 0.6) is 0 Å². The lowest BCUT2D eigenvalue weighted by Crippen LogP contribution is -2.38. The molecule has 1 fully saturated rings. The Kier molecular flexibility index (Phi) is 8.83. The van der Waals surface area contributed by atoms with Crippen LogP contribution < -0.4 is 10.6 Å². The monoisotopic (exact) mass is 351 g/mol. The van der Waals surface area contributed by atoms with E-state index in [4.69, 9.17) is 13.9 Å². The van der Waals surface area contributed by atoms with Gasteiger partial charge in [0.2, 0.25) is 0 Å². The Morgan fingerprint density at radius 2 is 2.08 bits per heavy atom. The molecule has 6 nitrogen and oxygen atoms in total. The number of hydrogen-bond acceptors (Lipinski definition) is 4. The molecular weight excluding hydrogens is 318 g/mol. The van der Waals surface area contributed by atoms with E-state index in [0.29, 0.717) is 12.5 Å². The predicted molar refractivity (Wildman–Crippen MR) is 100.0 cm³/mol. The van der Waals surface area contributed by atoms with Crippen molar-refractivity contribution in [2.75, 3.05) is 39.5 Å². The summed E-state index contributed by atoms with van der Waals surface area (Å²) < 4.78 is 16.7. The second kappa shape index (κ2) is 11.2. The van der Waals surface area contributed by atoms with Crippen LogP contribution >= 0.6 is 0 Å². The van der Waals surface area contributed by atoms with Crippen LogP contribution in [0.4, 0.5) is 0 Å². The molecule has 0 aliphatic carbocycles. The number of ether oxygens (including phenoxy) is 2. The summed E-state index contributed by atoms with van der Waals surface area (Å²) >= 11 is 0. The lowest BCUT2D eigenvalue weighted by Gasteiger charge is -2.21. The summed E-state index contributed by atoms with van der Waals surface area (Å²) in [6, 6.07) is 2.05. The first-order valence-electron chi connectivity index (χ1n) is 9.42. The van der Waals surface area contributed by atoms with E-state index < -0.39 is 0 Å². The second-order valence-corrected chi connectivity index (χ2v) is 6.54. The smallest absolute Gasteiger partial charge is 0.191 e. The van der Waals surface area contributed by atoms with Gasteiger partial charge in [-0.3, -0.25) is 0 Å². The minimum absolute atomic E-state index is 0.624. The number of aliphatic imine (C=N–C) groups is 1. The molecule has 0 atom stereocenters. The van der Waals surface area contributed by atoms with Crippen LogP contribution in [0.3, 0.4) is 0 Å². The number of hydrogen-bond donors (Lipinski definition) is 2. The molecule has 0 saturated carbocycles. The van der Waals surface area contributed by atoms with Gasteiger partial charge in [-0.1, -0.05) is 0 Å². The van der Waals surface area contributed by atoms with E-state index in [1.165, 1.54) is 0 Å². The summed E-state index contributed by atoms with van der Waals surface area (Å²) in [6.45, 7) is 11.7. The van der Waals surface area contributed by atoms with Crippen molar-refractivity contribution in [3.05, 3.63) is 23.2 Å². The maximum Gasteiger partial charge on any atom is 0.191 e. The maximum atomic E-state index is 5.79. The third-order valence-electron chi connectivity index (χ3n) is 4.35. The molecule has 25 heavy (non-hydrogen) atoms. The summed E-state index contributed by atoms with van der Waals surface area (Å²) in [5.41, 5.74) is 1.13. The molecule has 6 heteroatoms. The summed E-state index contributed by atoms with van der Waals surface area (Å²) in [5, 5.41) is 6.64. The normalized spacial score (nSPS) is 16.2. The number of aryl methyl sites for hydroxylation is 2. The van der Waals surface area contributed by atoms with E-state index in [0.717, 1.165) is 81.8 Å². The van der Waals surface area contributed by atoms with Gasteiger partial charge in [0, 0.05) is 45.1 Å². The first-order chi connectivity index (χ1) is 12.2. The van der Waals surface area contributed by atoms with Crippen molar-refractivity contribution in [2.45, 2.75) is 46.6 Å². The number of nitrogens with one attached hydrogen (secondary N) is 2. The van der Waals surface area contributed by atoms with Crippen molar-refractivity contribution in [1.82, 2.24) is 10.6 Å². The summed E-state index contributed by atoms with van der Waals surface area (Å²) in [4.78, 5) is 4.63.